The van der Waals surface area contributed by atoms with Crippen LogP contribution < -0.4 is 4.74 Å². The second kappa shape index (κ2) is 6.28. The van der Waals surface area contributed by atoms with E-state index in [0.29, 0.717) is 17.6 Å². The van der Waals surface area contributed by atoms with Gasteiger partial charge in [0.2, 0.25) is 0 Å². The maximum atomic E-state index is 10.8. The van der Waals surface area contributed by atoms with Crippen LogP contribution in [-0.2, 0) is 6.42 Å². The van der Waals surface area contributed by atoms with Crippen LogP contribution in [0, 0.1) is 11.3 Å². The van der Waals surface area contributed by atoms with E-state index in [4.69, 9.17) is 4.74 Å². The van der Waals surface area contributed by atoms with Crippen molar-refractivity contribution in [1.82, 2.24) is 0 Å². The van der Waals surface area contributed by atoms with E-state index in [2.05, 4.69) is 40.7 Å². The van der Waals surface area contributed by atoms with Gasteiger partial charge in [-0.2, -0.15) is 0 Å². The Balaban J connectivity index is 2.01. The second-order valence-corrected chi connectivity index (χ2v) is 9.05. The van der Waals surface area contributed by atoms with Gasteiger partial charge in [0.1, 0.15) is 17.1 Å². The smallest absolute Gasteiger partial charge is 0.127 e. The molecule has 2 bridgehead atoms. The third-order valence-corrected chi connectivity index (χ3v) is 6.86. The van der Waals surface area contributed by atoms with Crippen LogP contribution in [-0.4, -0.2) is 10.7 Å². The fraction of sp³-hybridized carbons (Fsp3) is 0.727. The minimum absolute atomic E-state index is 0.0891. The Morgan fingerprint density at radius 1 is 1.21 bits per heavy atom. The molecule has 1 saturated carbocycles. The molecule has 0 unspecified atom stereocenters. The molecule has 3 rings (SSSR count). The molecule has 1 aromatic carbocycles. The lowest BCUT2D eigenvalue weighted by Crippen LogP contribution is -2.39. The molecular weight excluding hydrogens is 296 g/mol. The van der Waals surface area contributed by atoms with Crippen LogP contribution in [0.4, 0.5) is 0 Å². The van der Waals surface area contributed by atoms with E-state index in [0.717, 1.165) is 30.6 Å². The highest BCUT2D eigenvalue weighted by Crippen LogP contribution is 2.58. The van der Waals surface area contributed by atoms with Crippen LogP contribution in [0.25, 0.3) is 0 Å². The fourth-order valence-corrected chi connectivity index (χ4v) is 4.69. The normalized spacial score (nSPS) is 31.0. The van der Waals surface area contributed by atoms with Gasteiger partial charge in [-0.15, -0.1) is 0 Å². The van der Waals surface area contributed by atoms with Gasteiger partial charge in [0.15, 0.2) is 0 Å². The molecule has 1 aliphatic carbocycles. The highest BCUT2D eigenvalue weighted by Gasteiger charge is 2.49. The summed E-state index contributed by atoms with van der Waals surface area (Å²) in [5.41, 5.74) is 2.37. The van der Waals surface area contributed by atoms with E-state index in [1.807, 2.05) is 6.07 Å². The Morgan fingerprint density at radius 3 is 2.67 bits per heavy atom. The van der Waals surface area contributed by atoms with Crippen molar-refractivity contribution in [1.29, 1.82) is 0 Å². The minimum Gasteiger partial charge on any atom is -0.508 e. The lowest BCUT2D eigenvalue weighted by Gasteiger charge is -2.44. The first-order valence-corrected chi connectivity index (χ1v) is 9.81. The molecule has 2 aliphatic rings. The molecule has 1 fully saturated rings. The molecule has 2 nitrogen and oxygen atoms in total. The van der Waals surface area contributed by atoms with Crippen LogP contribution in [0.5, 0.6) is 11.5 Å². The Kier molecular flexibility index (Phi) is 4.61. The fourth-order valence-electron chi connectivity index (χ4n) is 4.69. The topological polar surface area (TPSA) is 29.5 Å². The Bertz CT molecular complexity index is 604. The molecule has 1 heterocycles. The summed E-state index contributed by atoms with van der Waals surface area (Å²) >= 11 is 0. The van der Waals surface area contributed by atoms with Crippen molar-refractivity contribution >= 4 is 0 Å². The molecule has 0 amide bonds. The maximum absolute atomic E-state index is 10.8. The number of aryl methyl sites for hydroxylation is 1. The van der Waals surface area contributed by atoms with Crippen molar-refractivity contribution in [2.45, 2.75) is 91.1 Å². The van der Waals surface area contributed by atoms with Crippen molar-refractivity contribution in [3.8, 4) is 11.5 Å². The lowest BCUT2D eigenvalue weighted by atomic mass is 9.65. The zero-order valence-electron chi connectivity index (χ0n) is 16.1. The summed E-state index contributed by atoms with van der Waals surface area (Å²) in [4.78, 5) is 0. The SMILES string of the molecule is CCCCCc1cc(O)c2c(c1)O[C@]1(C)CC[C@H](C)C(C)(C)[C@H]2C1. The molecular formula is C22H34O2. The number of unbranched alkanes of at least 4 members (excludes halogenated alkanes) is 2. The number of benzene rings is 1. The van der Waals surface area contributed by atoms with E-state index >= 15 is 0 Å². The highest BCUT2D eigenvalue weighted by molar-refractivity contribution is 5.52. The van der Waals surface area contributed by atoms with Crippen LogP contribution >= 0.6 is 0 Å². The van der Waals surface area contributed by atoms with E-state index in [1.165, 1.54) is 31.2 Å². The number of hydrogen-bond donors (Lipinski definition) is 1. The van der Waals surface area contributed by atoms with Crippen molar-refractivity contribution in [3.63, 3.8) is 0 Å². The Morgan fingerprint density at radius 2 is 1.96 bits per heavy atom. The van der Waals surface area contributed by atoms with E-state index in [1.54, 1.807) is 0 Å². The first-order valence-electron chi connectivity index (χ1n) is 9.81. The summed E-state index contributed by atoms with van der Waals surface area (Å²) in [5.74, 6) is 2.39. The molecule has 0 radical (unpaired) electrons. The van der Waals surface area contributed by atoms with Crippen LogP contribution in [0.1, 0.15) is 90.2 Å². The average molecular weight is 331 g/mol. The molecule has 134 valence electrons. The van der Waals surface area contributed by atoms with Crippen molar-refractivity contribution in [2.24, 2.45) is 11.3 Å². The number of fused-ring (bicyclic) bond motifs is 4. The maximum Gasteiger partial charge on any atom is 0.127 e. The second-order valence-electron chi connectivity index (χ2n) is 9.05. The van der Waals surface area contributed by atoms with Gasteiger partial charge >= 0.3 is 0 Å². The van der Waals surface area contributed by atoms with Gasteiger partial charge in [0, 0.05) is 11.5 Å². The predicted molar refractivity (Wildman–Crippen MR) is 99.9 cm³/mol. The Hall–Kier alpha value is -1.18. The van der Waals surface area contributed by atoms with Gasteiger partial charge < -0.3 is 9.84 Å². The zero-order chi connectivity index (χ0) is 17.5. The van der Waals surface area contributed by atoms with E-state index < -0.39 is 0 Å². The van der Waals surface area contributed by atoms with Crippen molar-refractivity contribution in [3.05, 3.63) is 23.3 Å². The average Bonchev–Trinajstić information content (AvgIpc) is 2.57. The third-order valence-electron chi connectivity index (χ3n) is 6.86. The molecule has 1 aliphatic heterocycles. The van der Waals surface area contributed by atoms with Gasteiger partial charge in [-0.1, -0.05) is 40.5 Å². The van der Waals surface area contributed by atoms with E-state index in [9.17, 15) is 5.11 Å². The number of phenolic OH excluding ortho intramolecular Hbond substituents is 1. The predicted octanol–water partition coefficient (Wildman–Crippen LogP) is 6.21. The highest BCUT2D eigenvalue weighted by atomic mass is 16.5. The van der Waals surface area contributed by atoms with Gasteiger partial charge in [-0.05, 0) is 68.1 Å². The van der Waals surface area contributed by atoms with Gasteiger partial charge in [0.05, 0.1) is 0 Å². The number of aromatic hydroxyl groups is 1. The largest absolute Gasteiger partial charge is 0.508 e. The summed E-state index contributed by atoms with van der Waals surface area (Å²) in [6.45, 7) is 11.6. The van der Waals surface area contributed by atoms with Crippen LogP contribution in [0.3, 0.4) is 0 Å². The van der Waals surface area contributed by atoms with Crippen LogP contribution in [0.2, 0.25) is 0 Å². The van der Waals surface area contributed by atoms with E-state index in [-0.39, 0.29) is 11.0 Å². The molecule has 3 atom stereocenters. The quantitative estimate of drug-likeness (QED) is 0.665. The third kappa shape index (κ3) is 3.05. The molecule has 2 heteroatoms. The molecule has 1 aromatic rings. The number of hydrogen-bond acceptors (Lipinski definition) is 2. The molecule has 0 spiro atoms. The number of phenols is 1. The summed E-state index contributed by atoms with van der Waals surface area (Å²) in [6, 6.07) is 4.20. The van der Waals surface area contributed by atoms with Gasteiger partial charge in [-0.3, -0.25) is 0 Å². The monoisotopic (exact) mass is 330 g/mol. The van der Waals surface area contributed by atoms with Crippen LogP contribution in [0.15, 0.2) is 12.1 Å². The van der Waals surface area contributed by atoms with Crippen molar-refractivity contribution in [2.75, 3.05) is 0 Å². The molecule has 24 heavy (non-hydrogen) atoms. The summed E-state index contributed by atoms with van der Waals surface area (Å²) in [7, 11) is 0. The standard InChI is InChI=1S/C22H34O2/c1-6-7-8-9-16-12-18(23)20-17-14-22(5,24-19(20)13-16)11-10-15(2)21(17,3)4/h12-13,15,17,23H,6-11,14H2,1-5H3/t15-,17-,22+/m0/s1. The summed E-state index contributed by atoms with van der Waals surface area (Å²) in [5, 5.41) is 10.8. The van der Waals surface area contributed by atoms with Crippen molar-refractivity contribution < 1.29 is 9.84 Å². The zero-order valence-corrected chi connectivity index (χ0v) is 16.1. The Labute approximate surface area is 147 Å². The first-order chi connectivity index (χ1) is 11.3. The molecule has 0 saturated heterocycles. The molecule has 1 N–H and O–H groups in total. The first kappa shape index (κ1) is 17.6. The molecule has 0 aromatic heterocycles. The lowest BCUT2D eigenvalue weighted by molar-refractivity contribution is 0.0388. The van der Waals surface area contributed by atoms with Gasteiger partial charge in [-0.25, -0.2) is 0 Å². The number of ether oxygens (including phenoxy) is 1. The summed E-state index contributed by atoms with van der Waals surface area (Å²) in [6.07, 6.45) is 7.98. The minimum atomic E-state index is -0.0891. The summed E-state index contributed by atoms with van der Waals surface area (Å²) < 4.78 is 6.48. The van der Waals surface area contributed by atoms with Gasteiger partial charge in [0.25, 0.3) is 0 Å². The number of rotatable bonds is 4.